The van der Waals surface area contributed by atoms with Gasteiger partial charge in [-0.3, -0.25) is 0 Å². The molecule has 1 N–H and O–H groups in total. The van der Waals surface area contributed by atoms with Crippen LogP contribution in [0.2, 0.25) is 0 Å². The summed E-state index contributed by atoms with van der Waals surface area (Å²) in [6.07, 6.45) is 6.04. The number of halogens is 1. The van der Waals surface area contributed by atoms with Crippen LogP contribution in [-0.2, 0) is 6.42 Å². The van der Waals surface area contributed by atoms with Gasteiger partial charge in [0, 0.05) is 6.04 Å². The Morgan fingerprint density at radius 3 is 2.88 bits per heavy atom. The first-order valence-corrected chi connectivity index (χ1v) is 6.72. The largest absolute Gasteiger partial charge is 0.314 e. The summed E-state index contributed by atoms with van der Waals surface area (Å²) in [6.45, 7) is 3.21. The molecule has 1 aromatic carbocycles. The molecule has 1 aliphatic carbocycles. The van der Waals surface area contributed by atoms with E-state index in [1.807, 2.05) is 12.1 Å². The van der Waals surface area contributed by atoms with Gasteiger partial charge in [-0.1, -0.05) is 38.0 Å². The topological polar surface area (TPSA) is 12.0 Å². The lowest BCUT2D eigenvalue weighted by atomic mass is 9.87. The lowest BCUT2D eigenvalue weighted by Gasteiger charge is -2.27. The predicted molar refractivity (Wildman–Crippen MR) is 69.5 cm³/mol. The zero-order chi connectivity index (χ0) is 12.1. The highest BCUT2D eigenvalue weighted by Gasteiger charge is 2.17. The normalized spacial score (nSPS) is 24.8. The van der Waals surface area contributed by atoms with E-state index >= 15 is 0 Å². The summed E-state index contributed by atoms with van der Waals surface area (Å²) in [4.78, 5) is 0. The van der Waals surface area contributed by atoms with Gasteiger partial charge in [-0.2, -0.15) is 0 Å². The molecule has 2 rings (SSSR count). The molecule has 0 aliphatic heterocycles. The summed E-state index contributed by atoms with van der Waals surface area (Å²) in [6, 6.07) is 7.71. The maximum atomic E-state index is 13.4. The standard InChI is InChI=1S/C15H22FN/c1-12-5-4-7-14(11-12)17-10-9-13-6-2-3-8-15(13)16/h2-3,6,8,12,14,17H,4-5,7,9-11H2,1H3. The zero-order valence-corrected chi connectivity index (χ0v) is 10.6. The van der Waals surface area contributed by atoms with E-state index in [9.17, 15) is 4.39 Å². The molecule has 2 atom stereocenters. The number of hydrogen-bond donors (Lipinski definition) is 1. The monoisotopic (exact) mass is 235 g/mol. The molecule has 1 nitrogen and oxygen atoms in total. The molecule has 2 heteroatoms. The molecular weight excluding hydrogens is 213 g/mol. The van der Waals surface area contributed by atoms with E-state index in [1.165, 1.54) is 31.7 Å². The van der Waals surface area contributed by atoms with Crippen molar-refractivity contribution < 1.29 is 4.39 Å². The fourth-order valence-corrected chi connectivity index (χ4v) is 2.73. The maximum Gasteiger partial charge on any atom is 0.126 e. The van der Waals surface area contributed by atoms with Gasteiger partial charge in [0.1, 0.15) is 5.82 Å². The van der Waals surface area contributed by atoms with E-state index in [1.54, 1.807) is 6.07 Å². The first-order chi connectivity index (χ1) is 8.25. The van der Waals surface area contributed by atoms with Crippen molar-refractivity contribution >= 4 is 0 Å². The second kappa shape index (κ2) is 6.15. The van der Waals surface area contributed by atoms with E-state index < -0.39 is 0 Å². The van der Waals surface area contributed by atoms with Gasteiger partial charge >= 0.3 is 0 Å². The SMILES string of the molecule is CC1CCCC(NCCc2ccccc2F)C1. The Balaban J connectivity index is 1.74. The number of rotatable bonds is 4. The van der Waals surface area contributed by atoms with Crippen LogP contribution < -0.4 is 5.32 Å². The molecule has 0 aromatic heterocycles. The highest BCUT2D eigenvalue weighted by atomic mass is 19.1. The lowest BCUT2D eigenvalue weighted by Crippen LogP contribution is -2.34. The van der Waals surface area contributed by atoms with Gasteiger partial charge in [-0.05, 0) is 43.4 Å². The third-order valence-electron chi connectivity index (χ3n) is 3.72. The Kier molecular flexibility index (Phi) is 4.55. The van der Waals surface area contributed by atoms with Gasteiger partial charge < -0.3 is 5.32 Å². The Hall–Kier alpha value is -0.890. The minimum absolute atomic E-state index is 0.0775. The highest BCUT2D eigenvalue weighted by Crippen LogP contribution is 2.23. The van der Waals surface area contributed by atoms with Crippen molar-refractivity contribution in [2.24, 2.45) is 5.92 Å². The van der Waals surface area contributed by atoms with Crippen LogP contribution in [0.3, 0.4) is 0 Å². The van der Waals surface area contributed by atoms with Crippen LogP contribution in [0.4, 0.5) is 4.39 Å². The molecule has 94 valence electrons. The molecule has 0 radical (unpaired) electrons. The van der Waals surface area contributed by atoms with Crippen molar-refractivity contribution in [2.75, 3.05) is 6.54 Å². The van der Waals surface area contributed by atoms with E-state index in [0.717, 1.165) is 24.4 Å². The van der Waals surface area contributed by atoms with Crippen LogP contribution in [0.25, 0.3) is 0 Å². The van der Waals surface area contributed by atoms with E-state index in [0.29, 0.717) is 6.04 Å². The number of hydrogen-bond acceptors (Lipinski definition) is 1. The fraction of sp³-hybridized carbons (Fsp3) is 0.600. The van der Waals surface area contributed by atoms with Crippen LogP contribution in [0, 0.1) is 11.7 Å². The Bertz CT molecular complexity index is 351. The van der Waals surface area contributed by atoms with Crippen molar-refractivity contribution in [1.29, 1.82) is 0 Å². The van der Waals surface area contributed by atoms with Crippen LogP contribution in [0.5, 0.6) is 0 Å². The average molecular weight is 235 g/mol. The van der Waals surface area contributed by atoms with E-state index in [2.05, 4.69) is 12.2 Å². The smallest absolute Gasteiger partial charge is 0.126 e. The molecule has 1 aromatic rings. The van der Waals surface area contributed by atoms with Crippen LogP contribution >= 0.6 is 0 Å². The molecule has 1 aliphatic rings. The summed E-state index contributed by atoms with van der Waals surface area (Å²) in [5.74, 6) is 0.765. The first-order valence-electron chi connectivity index (χ1n) is 6.72. The second-order valence-corrected chi connectivity index (χ2v) is 5.26. The Labute approximate surface area is 103 Å². The first kappa shape index (κ1) is 12.6. The van der Waals surface area contributed by atoms with E-state index in [-0.39, 0.29) is 5.82 Å². The molecule has 0 spiro atoms. The summed E-state index contributed by atoms with van der Waals surface area (Å²) in [5.41, 5.74) is 0.823. The van der Waals surface area contributed by atoms with Gasteiger partial charge in [0.2, 0.25) is 0 Å². The number of nitrogens with one attached hydrogen (secondary N) is 1. The van der Waals surface area contributed by atoms with Crippen molar-refractivity contribution in [3.63, 3.8) is 0 Å². The quantitative estimate of drug-likeness (QED) is 0.841. The Morgan fingerprint density at radius 1 is 1.29 bits per heavy atom. The molecular formula is C15H22FN. The lowest BCUT2D eigenvalue weighted by molar-refractivity contribution is 0.303. The van der Waals surface area contributed by atoms with Crippen LogP contribution in [-0.4, -0.2) is 12.6 Å². The highest BCUT2D eigenvalue weighted by molar-refractivity contribution is 5.17. The van der Waals surface area contributed by atoms with Crippen LogP contribution in [0.1, 0.15) is 38.2 Å². The van der Waals surface area contributed by atoms with Crippen LogP contribution in [0.15, 0.2) is 24.3 Å². The van der Waals surface area contributed by atoms with Gasteiger partial charge in [0.05, 0.1) is 0 Å². The van der Waals surface area contributed by atoms with E-state index in [4.69, 9.17) is 0 Å². The van der Waals surface area contributed by atoms with Crippen molar-refractivity contribution in [3.05, 3.63) is 35.6 Å². The summed E-state index contributed by atoms with van der Waals surface area (Å²) < 4.78 is 13.4. The van der Waals surface area contributed by atoms with Crippen molar-refractivity contribution in [3.8, 4) is 0 Å². The molecule has 0 bridgehead atoms. The van der Waals surface area contributed by atoms with Crippen molar-refractivity contribution in [1.82, 2.24) is 5.32 Å². The molecule has 0 saturated heterocycles. The van der Waals surface area contributed by atoms with Crippen molar-refractivity contribution in [2.45, 2.75) is 45.1 Å². The van der Waals surface area contributed by atoms with Gasteiger partial charge in [0.25, 0.3) is 0 Å². The summed E-state index contributed by atoms with van der Waals surface area (Å²) >= 11 is 0. The average Bonchev–Trinajstić information content (AvgIpc) is 2.32. The minimum atomic E-state index is -0.0775. The zero-order valence-electron chi connectivity index (χ0n) is 10.6. The minimum Gasteiger partial charge on any atom is -0.314 e. The third-order valence-corrected chi connectivity index (χ3v) is 3.72. The Morgan fingerprint density at radius 2 is 2.12 bits per heavy atom. The van der Waals surface area contributed by atoms with Gasteiger partial charge in [0.15, 0.2) is 0 Å². The van der Waals surface area contributed by atoms with Gasteiger partial charge in [-0.15, -0.1) is 0 Å². The predicted octanol–water partition coefficient (Wildman–Crippen LogP) is 3.54. The molecule has 17 heavy (non-hydrogen) atoms. The molecule has 0 amide bonds. The maximum absolute atomic E-state index is 13.4. The third kappa shape index (κ3) is 3.81. The number of benzene rings is 1. The summed E-state index contributed by atoms with van der Waals surface area (Å²) in [7, 11) is 0. The molecule has 1 fully saturated rings. The molecule has 0 heterocycles. The van der Waals surface area contributed by atoms with Gasteiger partial charge in [-0.25, -0.2) is 4.39 Å². The molecule has 1 saturated carbocycles. The fourth-order valence-electron chi connectivity index (χ4n) is 2.73. The second-order valence-electron chi connectivity index (χ2n) is 5.26. The molecule has 2 unspecified atom stereocenters. The summed E-state index contributed by atoms with van der Waals surface area (Å²) in [5, 5.41) is 3.56.